The maximum atomic E-state index is 11.8. The maximum Gasteiger partial charge on any atom is 0.326 e. The summed E-state index contributed by atoms with van der Waals surface area (Å²) in [6.45, 7) is 3.68. The second kappa shape index (κ2) is 5.47. The van der Waals surface area contributed by atoms with Crippen LogP contribution in [-0.4, -0.2) is 32.8 Å². The van der Waals surface area contributed by atoms with Crippen LogP contribution in [0.3, 0.4) is 0 Å². The molecule has 17 heavy (non-hydrogen) atoms. The van der Waals surface area contributed by atoms with E-state index in [4.69, 9.17) is 5.11 Å². The van der Waals surface area contributed by atoms with E-state index in [1.54, 1.807) is 20.2 Å². The zero-order valence-corrected chi connectivity index (χ0v) is 10.2. The summed E-state index contributed by atoms with van der Waals surface area (Å²) in [6.07, 6.45) is 3.64. The highest BCUT2D eigenvalue weighted by atomic mass is 16.4. The molecule has 0 aliphatic rings. The van der Waals surface area contributed by atoms with Gasteiger partial charge in [0.1, 0.15) is 6.04 Å². The van der Waals surface area contributed by atoms with Crippen LogP contribution in [0, 0.1) is 5.92 Å². The molecular formula is C11H17N3O3. The van der Waals surface area contributed by atoms with Gasteiger partial charge in [-0.05, 0) is 5.92 Å². The van der Waals surface area contributed by atoms with Crippen molar-refractivity contribution < 1.29 is 14.7 Å². The fourth-order valence-electron chi connectivity index (χ4n) is 1.45. The number of hydrogen-bond acceptors (Lipinski definition) is 3. The summed E-state index contributed by atoms with van der Waals surface area (Å²) in [5, 5.41) is 15.4. The number of carbonyl (C=O) groups excluding carboxylic acids is 1. The number of aromatic nitrogens is 2. The molecule has 2 atom stereocenters. The van der Waals surface area contributed by atoms with E-state index < -0.39 is 17.9 Å². The van der Waals surface area contributed by atoms with Gasteiger partial charge < -0.3 is 10.4 Å². The molecule has 1 aromatic rings. The number of carboxylic acids is 1. The first-order valence-electron chi connectivity index (χ1n) is 5.48. The van der Waals surface area contributed by atoms with Crippen molar-refractivity contribution in [2.45, 2.75) is 26.3 Å². The Hall–Kier alpha value is -1.85. The molecule has 0 unspecified atom stereocenters. The molecule has 94 valence electrons. The fraction of sp³-hybridized carbons (Fsp3) is 0.545. The van der Waals surface area contributed by atoms with Crippen molar-refractivity contribution in [3.05, 3.63) is 18.0 Å². The molecule has 2 N–H and O–H groups in total. The van der Waals surface area contributed by atoms with Crippen molar-refractivity contribution in [2.24, 2.45) is 13.0 Å². The van der Waals surface area contributed by atoms with E-state index >= 15 is 0 Å². The van der Waals surface area contributed by atoms with Crippen molar-refractivity contribution >= 4 is 11.9 Å². The molecule has 0 aromatic carbocycles. The number of rotatable bonds is 5. The van der Waals surface area contributed by atoms with Crippen LogP contribution in [0.1, 0.15) is 30.6 Å². The highest BCUT2D eigenvalue weighted by Gasteiger charge is 2.25. The van der Waals surface area contributed by atoms with Crippen molar-refractivity contribution in [1.82, 2.24) is 15.1 Å². The molecule has 0 saturated heterocycles. The number of amides is 1. The molecule has 0 spiro atoms. The van der Waals surface area contributed by atoms with Crippen LogP contribution in [0.4, 0.5) is 0 Å². The normalized spacial score (nSPS) is 14.1. The lowest BCUT2D eigenvalue weighted by atomic mass is 9.99. The van der Waals surface area contributed by atoms with Gasteiger partial charge in [-0.25, -0.2) is 4.79 Å². The minimum absolute atomic E-state index is 0.117. The Morgan fingerprint density at radius 1 is 1.59 bits per heavy atom. The average molecular weight is 239 g/mol. The first kappa shape index (κ1) is 13.2. The predicted molar refractivity (Wildman–Crippen MR) is 61.6 cm³/mol. The Balaban J connectivity index is 2.74. The van der Waals surface area contributed by atoms with Crippen LogP contribution in [0.2, 0.25) is 0 Å². The summed E-state index contributed by atoms with van der Waals surface area (Å²) in [4.78, 5) is 22.8. The van der Waals surface area contributed by atoms with Gasteiger partial charge in [-0.2, -0.15) is 5.10 Å². The zero-order valence-electron chi connectivity index (χ0n) is 10.2. The largest absolute Gasteiger partial charge is 0.480 e. The Labute approximate surface area is 99.6 Å². The number of hydrogen-bond donors (Lipinski definition) is 2. The Bertz CT molecular complexity index is 414. The second-order valence-electron chi connectivity index (χ2n) is 4.08. The van der Waals surface area contributed by atoms with Gasteiger partial charge in [0.15, 0.2) is 0 Å². The molecule has 0 aliphatic carbocycles. The molecule has 0 fully saturated rings. The molecule has 1 aromatic heterocycles. The fourth-order valence-corrected chi connectivity index (χ4v) is 1.45. The first-order valence-corrected chi connectivity index (χ1v) is 5.48. The highest BCUT2D eigenvalue weighted by Crippen LogP contribution is 2.09. The van der Waals surface area contributed by atoms with Gasteiger partial charge in [0.05, 0.1) is 11.8 Å². The SMILES string of the molecule is CC[C@H](C)[C@H](NC(=O)c1cnn(C)c1)C(=O)O. The average Bonchev–Trinajstić information content (AvgIpc) is 2.71. The van der Waals surface area contributed by atoms with E-state index in [2.05, 4.69) is 10.4 Å². The highest BCUT2D eigenvalue weighted by molar-refractivity contribution is 5.96. The number of aryl methyl sites for hydroxylation is 1. The molecule has 1 amide bonds. The van der Waals surface area contributed by atoms with Crippen LogP contribution >= 0.6 is 0 Å². The molecule has 1 heterocycles. The van der Waals surface area contributed by atoms with Crippen molar-refractivity contribution in [3.63, 3.8) is 0 Å². The zero-order chi connectivity index (χ0) is 13.0. The second-order valence-corrected chi connectivity index (χ2v) is 4.08. The summed E-state index contributed by atoms with van der Waals surface area (Å²) >= 11 is 0. The van der Waals surface area contributed by atoms with Gasteiger partial charge in [-0.3, -0.25) is 9.48 Å². The monoisotopic (exact) mass is 239 g/mol. The molecule has 0 radical (unpaired) electrons. The van der Waals surface area contributed by atoms with Crippen LogP contribution in [0.5, 0.6) is 0 Å². The standard InChI is InChI=1S/C11H17N3O3/c1-4-7(2)9(11(16)17)13-10(15)8-5-12-14(3)6-8/h5-7,9H,4H2,1-3H3,(H,13,15)(H,16,17)/t7-,9-/m0/s1. The van der Waals surface area contributed by atoms with Gasteiger partial charge >= 0.3 is 5.97 Å². The van der Waals surface area contributed by atoms with Crippen LogP contribution in [0.25, 0.3) is 0 Å². The van der Waals surface area contributed by atoms with Crippen molar-refractivity contribution in [1.29, 1.82) is 0 Å². The third-order valence-electron chi connectivity index (χ3n) is 2.73. The molecule has 6 nitrogen and oxygen atoms in total. The molecule has 0 aliphatic heterocycles. The van der Waals surface area contributed by atoms with Gasteiger partial charge in [0.25, 0.3) is 5.91 Å². The molecule has 0 saturated carbocycles. The van der Waals surface area contributed by atoms with E-state index in [1.807, 2.05) is 6.92 Å². The summed E-state index contributed by atoms with van der Waals surface area (Å²) in [5.41, 5.74) is 0.363. The third kappa shape index (κ3) is 3.30. The van der Waals surface area contributed by atoms with Crippen LogP contribution in [-0.2, 0) is 11.8 Å². The Morgan fingerprint density at radius 3 is 2.65 bits per heavy atom. The number of carboxylic acid groups (broad SMARTS) is 1. The first-order chi connectivity index (χ1) is 7.95. The summed E-state index contributed by atoms with van der Waals surface area (Å²) in [7, 11) is 1.69. The van der Waals surface area contributed by atoms with Crippen molar-refractivity contribution in [3.8, 4) is 0 Å². The molecular weight excluding hydrogens is 222 g/mol. The topological polar surface area (TPSA) is 84.2 Å². The minimum atomic E-state index is -1.02. The quantitative estimate of drug-likeness (QED) is 0.790. The minimum Gasteiger partial charge on any atom is -0.480 e. The van der Waals surface area contributed by atoms with Crippen LogP contribution in [0.15, 0.2) is 12.4 Å². The van der Waals surface area contributed by atoms with Crippen LogP contribution < -0.4 is 5.32 Å². The third-order valence-corrected chi connectivity index (χ3v) is 2.73. The lowest BCUT2D eigenvalue weighted by Gasteiger charge is -2.19. The molecule has 0 bridgehead atoms. The number of carbonyl (C=O) groups is 2. The van der Waals surface area contributed by atoms with Gasteiger partial charge in [-0.15, -0.1) is 0 Å². The van der Waals surface area contributed by atoms with E-state index in [0.29, 0.717) is 12.0 Å². The van der Waals surface area contributed by atoms with Gasteiger partial charge in [-0.1, -0.05) is 20.3 Å². The molecule has 6 heteroatoms. The smallest absolute Gasteiger partial charge is 0.326 e. The lowest BCUT2D eigenvalue weighted by molar-refractivity contribution is -0.140. The van der Waals surface area contributed by atoms with Gasteiger partial charge in [0.2, 0.25) is 0 Å². The lowest BCUT2D eigenvalue weighted by Crippen LogP contribution is -2.44. The summed E-state index contributed by atoms with van der Waals surface area (Å²) in [5.74, 6) is -1.55. The number of aliphatic carboxylic acids is 1. The Kier molecular flexibility index (Phi) is 4.25. The Morgan fingerprint density at radius 2 is 2.24 bits per heavy atom. The van der Waals surface area contributed by atoms with Gasteiger partial charge in [0, 0.05) is 13.2 Å². The van der Waals surface area contributed by atoms with E-state index in [1.165, 1.54) is 10.9 Å². The van der Waals surface area contributed by atoms with E-state index in [-0.39, 0.29) is 5.92 Å². The number of nitrogens with zero attached hydrogens (tertiary/aromatic N) is 2. The maximum absolute atomic E-state index is 11.8. The van der Waals surface area contributed by atoms with E-state index in [9.17, 15) is 9.59 Å². The van der Waals surface area contributed by atoms with E-state index in [0.717, 1.165) is 0 Å². The molecule has 1 rings (SSSR count). The number of nitrogens with one attached hydrogen (secondary N) is 1. The predicted octanol–water partition coefficient (Wildman–Crippen LogP) is 0.649. The summed E-state index contributed by atoms with van der Waals surface area (Å²) < 4.78 is 1.49. The summed E-state index contributed by atoms with van der Waals surface area (Å²) in [6, 6.07) is -0.868. The van der Waals surface area contributed by atoms with Crippen molar-refractivity contribution in [2.75, 3.05) is 0 Å².